The molecule has 0 spiro atoms. The van der Waals surface area contributed by atoms with E-state index in [0.29, 0.717) is 0 Å². The number of nitrogens with zero attached hydrogens (tertiary/aromatic N) is 3. The predicted octanol–water partition coefficient (Wildman–Crippen LogP) is 3.13. The van der Waals surface area contributed by atoms with Crippen LogP contribution in [0.4, 0.5) is 5.13 Å². The van der Waals surface area contributed by atoms with Gasteiger partial charge in [-0.2, -0.15) is 0 Å². The van der Waals surface area contributed by atoms with Crippen molar-refractivity contribution in [1.29, 1.82) is 0 Å². The molecule has 0 aliphatic heterocycles. The van der Waals surface area contributed by atoms with Crippen LogP contribution in [0.25, 0.3) is 0 Å². The first-order chi connectivity index (χ1) is 9.10. The van der Waals surface area contributed by atoms with Crippen LogP contribution in [0.3, 0.4) is 0 Å². The summed E-state index contributed by atoms with van der Waals surface area (Å²) in [4.78, 5) is 3.11. The van der Waals surface area contributed by atoms with Gasteiger partial charge in [0.15, 0.2) is 4.34 Å². The zero-order valence-corrected chi connectivity index (χ0v) is 13.4. The number of benzene rings is 1. The standard InChI is InChI=1S/C12H15ClN4S2/c1-14-7-8-6-9(13)4-5-10(8)18-12-16-15-11(19-12)17(2)3/h4-6,14H,7H2,1-3H3. The number of aromatic nitrogens is 2. The topological polar surface area (TPSA) is 41.1 Å². The second-order valence-electron chi connectivity index (χ2n) is 4.13. The van der Waals surface area contributed by atoms with Crippen LogP contribution in [0.15, 0.2) is 27.4 Å². The van der Waals surface area contributed by atoms with Crippen molar-refractivity contribution in [2.75, 3.05) is 26.0 Å². The summed E-state index contributed by atoms with van der Waals surface area (Å²) >= 11 is 9.23. The highest BCUT2D eigenvalue weighted by molar-refractivity contribution is 8.01. The molecule has 0 radical (unpaired) electrons. The van der Waals surface area contributed by atoms with E-state index in [0.717, 1.165) is 25.9 Å². The van der Waals surface area contributed by atoms with Crippen LogP contribution in [0, 0.1) is 0 Å². The number of anilines is 1. The lowest BCUT2D eigenvalue weighted by molar-refractivity contribution is 0.803. The fourth-order valence-electron chi connectivity index (χ4n) is 1.49. The van der Waals surface area contributed by atoms with Gasteiger partial charge in [-0.15, -0.1) is 10.2 Å². The molecule has 4 nitrogen and oxygen atoms in total. The Kier molecular flexibility index (Phi) is 5.04. The minimum absolute atomic E-state index is 0.751. The molecule has 0 aliphatic carbocycles. The predicted molar refractivity (Wildman–Crippen MR) is 82.6 cm³/mol. The van der Waals surface area contributed by atoms with Gasteiger partial charge in [-0.3, -0.25) is 0 Å². The quantitative estimate of drug-likeness (QED) is 0.918. The van der Waals surface area contributed by atoms with Crippen LogP contribution in [-0.2, 0) is 6.54 Å². The maximum absolute atomic E-state index is 6.03. The van der Waals surface area contributed by atoms with Gasteiger partial charge in [0, 0.05) is 30.6 Å². The van der Waals surface area contributed by atoms with E-state index < -0.39 is 0 Å². The fourth-order valence-corrected chi connectivity index (χ4v) is 3.52. The van der Waals surface area contributed by atoms with Gasteiger partial charge in [-0.1, -0.05) is 34.7 Å². The molecule has 1 heterocycles. The number of halogens is 1. The van der Waals surface area contributed by atoms with Gasteiger partial charge in [0.2, 0.25) is 5.13 Å². The number of hydrogen-bond acceptors (Lipinski definition) is 6. The van der Waals surface area contributed by atoms with Gasteiger partial charge >= 0.3 is 0 Å². The van der Waals surface area contributed by atoms with Crippen molar-refractivity contribution in [2.45, 2.75) is 15.8 Å². The summed E-state index contributed by atoms with van der Waals surface area (Å²) in [5.41, 5.74) is 1.17. The Morgan fingerprint density at radius 2 is 2.16 bits per heavy atom. The molecule has 0 amide bonds. The first-order valence-corrected chi connectivity index (χ1v) is 7.73. The minimum Gasteiger partial charge on any atom is -0.353 e. The van der Waals surface area contributed by atoms with Gasteiger partial charge in [-0.25, -0.2) is 0 Å². The summed E-state index contributed by atoms with van der Waals surface area (Å²) in [5.74, 6) is 0. The van der Waals surface area contributed by atoms with E-state index in [-0.39, 0.29) is 0 Å². The van der Waals surface area contributed by atoms with Crippen LogP contribution >= 0.6 is 34.7 Å². The molecule has 0 unspecified atom stereocenters. The van der Waals surface area contributed by atoms with Gasteiger partial charge < -0.3 is 10.2 Å². The van der Waals surface area contributed by atoms with E-state index in [1.165, 1.54) is 5.56 Å². The summed E-state index contributed by atoms with van der Waals surface area (Å²) in [6, 6.07) is 5.90. The third-order valence-electron chi connectivity index (χ3n) is 2.37. The maximum atomic E-state index is 6.03. The van der Waals surface area contributed by atoms with Crippen molar-refractivity contribution in [2.24, 2.45) is 0 Å². The monoisotopic (exact) mass is 314 g/mol. The highest BCUT2D eigenvalue weighted by Gasteiger charge is 2.10. The first-order valence-electron chi connectivity index (χ1n) is 5.72. The van der Waals surface area contributed by atoms with Crippen molar-refractivity contribution in [3.63, 3.8) is 0 Å². The third kappa shape index (κ3) is 3.82. The molecule has 1 N–H and O–H groups in total. The molecule has 0 aliphatic rings. The van der Waals surface area contributed by atoms with Gasteiger partial charge in [0.05, 0.1) is 0 Å². The Balaban J connectivity index is 2.21. The molecular weight excluding hydrogens is 300 g/mol. The second kappa shape index (κ2) is 6.56. The van der Waals surface area contributed by atoms with Gasteiger partial charge in [-0.05, 0) is 30.8 Å². The highest BCUT2D eigenvalue weighted by Crippen LogP contribution is 2.35. The Labute approximate surface area is 126 Å². The molecule has 0 saturated heterocycles. The molecule has 2 aromatic rings. The van der Waals surface area contributed by atoms with Crippen LogP contribution in [0.1, 0.15) is 5.56 Å². The molecule has 19 heavy (non-hydrogen) atoms. The number of hydrogen-bond donors (Lipinski definition) is 1. The molecule has 102 valence electrons. The Hall–Kier alpha value is -0.820. The van der Waals surface area contributed by atoms with E-state index >= 15 is 0 Å². The third-order valence-corrected chi connectivity index (χ3v) is 4.86. The van der Waals surface area contributed by atoms with E-state index in [2.05, 4.69) is 15.5 Å². The SMILES string of the molecule is CNCc1cc(Cl)ccc1Sc1nnc(N(C)C)s1. The minimum atomic E-state index is 0.751. The summed E-state index contributed by atoms with van der Waals surface area (Å²) in [6.45, 7) is 0.780. The lowest BCUT2D eigenvalue weighted by atomic mass is 10.2. The largest absolute Gasteiger partial charge is 0.353 e. The Morgan fingerprint density at radius 3 is 2.79 bits per heavy atom. The smallest absolute Gasteiger partial charge is 0.208 e. The van der Waals surface area contributed by atoms with Crippen molar-refractivity contribution in [3.8, 4) is 0 Å². The van der Waals surface area contributed by atoms with Gasteiger partial charge in [0.25, 0.3) is 0 Å². The zero-order chi connectivity index (χ0) is 13.8. The fraction of sp³-hybridized carbons (Fsp3) is 0.333. The van der Waals surface area contributed by atoms with Crippen molar-refractivity contribution in [1.82, 2.24) is 15.5 Å². The van der Waals surface area contributed by atoms with Gasteiger partial charge in [0.1, 0.15) is 0 Å². The van der Waals surface area contributed by atoms with Crippen LogP contribution in [0.5, 0.6) is 0 Å². The molecular formula is C12H15ClN4S2. The zero-order valence-electron chi connectivity index (χ0n) is 11.0. The van der Waals surface area contributed by atoms with Crippen molar-refractivity contribution < 1.29 is 0 Å². The Morgan fingerprint density at radius 1 is 1.37 bits per heavy atom. The summed E-state index contributed by atoms with van der Waals surface area (Å²) in [5, 5.41) is 13.1. The summed E-state index contributed by atoms with van der Waals surface area (Å²) in [7, 11) is 5.85. The van der Waals surface area contributed by atoms with Crippen molar-refractivity contribution in [3.05, 3.63) is 28.8 Å². The Bertz CT molecular complexity index is 556. The molecule has 0 bridgehead atoms. The molecule has 7 heteroatoms. The van der Waals surface area contributed by atoms with Crippen LogP contribution in [0.2, 0.25) is 5.02 Å². The first kappa shape index (κ1) is 14.6. The molecule has 2 rings (SSSR count). The number of rotatable bonds is 5. The summed E-state index contributed by atoms with van der Waals surface area (Å²) < 4.78 is 0.934. The second-order valence-corrected chi connectivity index (χ2v) is 6.81. The molecule has 0 saturated carbocycles. The molecule has 1 aromatic carbocycles. The molecule has 0 fully saturated rings. The average Bonchev–Trinajstić information content (AvgIpc) is 2.82. The maximum Gasteiger partial charge on any atom is 0.208 e. The number of nitrogens with one attached hydrogen (secondary N) is 1. The van der Waals surface area contributed by atoms with Crippen molar-refractivity contribution >= 4 is 39.8 Å². The molecule has 1 aromatic heterocycles. The highest BCUT2D eigenvalue weighted by atomic mass is 35.5. The van der Waals surface area contributed by atoms with E-state index in [9.17, 15) is 0 Å². The van der Waals surface area contributed by atoms with Crippen LogP contribution in [-0.4, -0.2) is 31.3 Å². The molecule has 0 atom stereocenters. The van der Waals surface area contributed by atoms with E-state index in [4.69, 9.17) is 11.6 Å². The lowest BCUT2D eigenvalue weighted by Gasteiger charge is -2.07. The van der Waals surface area contributed by atoms with E-state index in [1.54, 1.807) is 23.1 Å². The normalized spacial score (nSPS) is 10.7. The lowest BCUT2D eigenvalue weighted by Crippen LogP contribution is -2.07. The van der Waals surface area contributed by atoms with E-state index in [1.807, 2.05) is 44.2 Å². The van der Waals surface area contributed by atoms with Crippen LogP contribution < -0.4 is 10.2 Å². The summed E-state index contributed by atoms with van der Waals surface area (Å²) in [6.07, 6.45) is 0. The average molecular weight is 315 g/mol.